The minimum Gasteiger partial charge on any atom is -0.261 e. The summed E-state index contributed by atoms with van der Waals surface area (Å²) in [5, 5.41) is 0.187. The van der Waals surface area contributed by atoms with Gasteiger partial charge in [-0.2, -0.15) is 0 Å². The summed E-state index contributed by atoms with van der Waals surface area (Å²) in [6.45, 7) is 2.06. The molecule has 0 saturated carbocycles. The van der Waals surface area contributed by atoms with Gasteiger partial charge in [0.2, 0.25) is 0 Å². The van der Waals surface area contributed by atoms with Crippen molar-refractivity contribution in [2.45, 2.75) is 25.1 Å². The van der Waals surface area contributed by atoms with E-state index in [4.69, 9.17) is 11.6 Å². The van der Waals surface area contributed by atoms with Crippen molar-refractivity contribution in [3.8, 4) is 0 Å². The van der Waals surface area contributed by atoms with Crippen LogP contribution in [0.1, 0.15) is 19.0 Å². The molecule has 60 valence electrons. The zero-order valence-corrected chi connectivity index (χ0v) is 7.25. The Kier molecular flexibility index (Phi) is 3.30. The third kappa shape index (κ3) is 2.85. The molecule has 0 aliphatic carbocycles. The second kappa shape index (κ2) is 4.29. The highest BCUT2D eigenvalue weighted by Crippen LogP contribution is 2.07. The van der Waals surface area contributed by atoms with Gasteiger partial charge in [-0.15, -0.1) is 11.6 Å². The van der Waals surface area contributed by atoms with Gasteiger partial charge in [0.05, 0.1) is 5.69 Å². The molecule has 0 spiro atoms. The molecule has 1 unspecified atom stereocenters. The molecule has 0 amide bonds. The predicted molar refractivity (Wildman–Crippen MR) is 45.7 cm³/mol. The molecule has 1 atom stereocenters. The molecule has 3 heteroatoms. The van der Waals surface area contributed by atoms with Crippen LogP contribution in [-0.2, 0) is 6.42 Å². The number of halogens is 1. The van der Waals surface area contributed by atoms with Crippen molar-refractivity contribution in [1.29, 1.82) is 0 Å². The second-order valence-corrected chi connectivity index (χ2v) is 3.02. The molecule has 2 nitrogen and oxygen atoms in total. The number of nitrogens with zero attached hydrogens (tertiary/aromatic N) is 2. The maximum absolute atomic E-state index is 5.93. The molecule has 0 aliphatic heterocycles. The van der Waals surface area contributed by atoms with Gasteiger partial charge in [-0.25, -0.2) is 0 Å². The lowest BCUT2D eigenvalue weighted by Crippen LogP contribution is -2.02. The van der Waals surface area contributed by atoms with Gasteiger partial charge in [-0.1, -0.05) is 6.92 Å². The highest BCUT2D eigenvalue weighted by molar-refractivity contribution is 6.20. The maximum atomic E-state index is 5.93. The van der Waals surface area contributed by atoms with Crippen molar-refractivity contribution >= 4 is 11.6 Å². The second-order valence-electron chi connectivity index (χ2n) is 2.41. The quantitative estimate of drug-likeness (QED) is 0.649. The molecule has 1 rings (SSSR count). The van der Waals surface area contributed by atoms with E-state index in [-0.39, 0.29) is 5.38 Å². The van der Waals surface area contributed by atoms with Gasteiger partial charge in [0.1, 0.15) is 0 Å². The van der Waals surface area contributed by atoms with Crippen molar-refractivity contribution in [2.75, 3.05) is 0 Å². The Morgan fingerprint density at radius 3 is 2.91 bits per heavy atom. The first-order chi connectivity index (χ1) is 5.33. The molecular formula is C8H11ClN2. The Morgan fingerprint density at radius 2 is 2.36 bits per heavy atom. The number of hydrogen-bond acceptors (Lipinski definition) is 2. The first-order valence-electron chi connectivity index (χ1n) is 3.72. The van der Waals surface area contributed by atoms with E-state index < -0.39 is 0 Å². The molecule has 1 aromatic heterocycles. The molecule has 11 heavy (non-hydrogen) atoms. The highest BCUT2D eigenvalue weighted by atomic mass is 35.5. The van der Waals surface area contributed by atoms with Gasteiger partial charge in [-0.3, -0.25) is 9.97 Å². The van der Waals surface area contributed by atoms with Crippen LogP contribution in [0.3, 0.4) is 0 Å². The van der Waals surface area contributed by atoms with Crippen LogP contribution in [0.25, 0.3) is 0 Å². The normalized spacial score (nSPS) is 12.9. The summed E-state index contributed by atoms with van der Waals surface area (Å²) in [5.74, 6) is 0. The Morgan fingerprint density at radius 1 is 1.55 bits per heavy atom. The van der Waals surface area contributed by atoms with Gasteiger partial charge in [0.15, 0.2) is 0 Å². The van der Waals surface area contributed by atoms with E-state index in [1.165, 1.54) is 0 Å². The van der Waals surface area contributed by atoms with Crippen molar-refractivity contribution < 1.29 is 0 Å². The number of alkyl halides is 1. The summed E-state index contributed by atoms with van der Waals surface area (Å²) in [7, 11) is 0. The van der Waals surface area contributed by atoms with Crippen molar-refractivity contribution in [1.82, 2.24) is 9.97 Å². The Balaban J connectivity index is 2.51. The largest absolute Gasteiger partial charge is 0.261 e. The average Bonchev–Trinajstić information content (AvgIpc) is 2.06. The fourth-order valence-corrected chi connectivity index (χ4v) is 0.965. The summed E-state index contributed by atoms with van der Waals surface area (Å²) in [6, 6.07) is 0. The standard InChI is InChI=1S/C8H11ClN2/c1-2-7(9)5-8-6-10-3-4-11-8/h3-4,6-7H,2,5H2,1H3. The third-order valence-electron chi connectivity index (χ3n) is 1.49. The van der Waals surface area contributed by atoms with Crippen molar-refractivity contribution in [3.63, 3.8) is 0 Å². The van der Waals surface area contributed by atoms with Crippen LogP contribution >= 0.6 is 11.6 Å². The monoisotopic (exact) mass is 170 g/mol. The van der Waals surface area contributed by atoms with Crippen molar-refractivity contribution in [3.05, 3.63) is 24.3 Å². The fraction of sp³-hybridized carbons (Fsp3) is 0.500. The molecule has 0 saturated heterocycles. The zero-order valence-electron chi connectivity index (χ0n) is 6.50. The minimum absolute atomic E-state index is 0.187. The lowest BCUT2D eigenvalue weighted by Gasteiger charge is -2.03. The lowest BCUT2D eigenvalue weighted by atomic mass is 10.2. The van der Waals surface area contributed by atoms with Crippen LogP contribution in [0.4, 0.5) is 0 Å². The minimum atomic E-state index is 0.187. The molecule has 0 N–H and O–H groups in total. The summed E-state index contributed by atoms with van der Waals surface area (Å²) < 4.78 is 0. The Hall–Kier alpha value is -0.630. The Labute approximate surface area is 71.6 Å². The van der Waals surface area contributed by atoms with Crippen LogP contribution in [0, 0.1) is 0 Å². The predicted octanol–water partition coefficient (Wildman–Crippen LogP) is 2.04. The molecule has 1 aromatic rings. The maximum Gasteiger partial charge on any atom is 0.0601 e. The Bertz CT molecular complexity index is 201. The first kappa shape index (κ1) is 8.47. The van der Waals surface area contributed by atoms with Crippen LogP contribution in [-0.4, -0.2) is 15.3 Å². The van der Waals surface area contributed by atoms with Gasteiger partial charge >= 0.3 is 0 Å². The van der Waals surface area contributed by atoms with E-state index in [1.807, 2.05) is 0 Å². The van der Waals surface area contributed by atoms with E-state index in [1.54, 1.807) is 18.6 Å². The number of hydrogen-bond donors (Lipinski definition) is 0. The van der Waals surface area contributed by atoms with E-state index in [0.29, 0.717) is 0 Å². The molecule has 0 fully saturated rings. The van der Waals surface area contributed by atoms with E-state index >= 15 is 0 Å². The topological polar surface area (TPSA) is 25.8 Å². The number of rotatable bonds is 3. The van der Waals surface area contributed by atoms with E-state index in [2.05, 4.69) is 16.9 Å². The average molecular weight is 171 g/mol. The van der Waals surface area contributed by atoms with Crippen LogP contribution in [0.15, 0.2) is 18.6 Å². The summed E-state index contributed by atoms with van der Waals surface area (Å²) in [4.78, 5) is 8.07. The van der Waals surface area contributed by atoms with Crippen molar-refractivity contribution in [2.24, 2.45) is 0 Å². The summed E-state index contributed by atoms with van der Waals surface area (Å²) in [5.41, 5.74) is 0.967. The zero-order chi connectivity index (χ0) is 8.10. The van der Waals surface area contributed by atoms with Crippen LogP contribution in [0.5, 0.6) is 0 Å². The van der Waals surface area contributed by atoms with Gasteiger partial charge in [0, 0.05) is 30.4 Å². The molecular weight excluding hydrogens is 160 g/mol. The van der Waals surface area contributed by atoms with Gasteiger partial charge in [-0.05, 0) is 6.42 Å². The van der Waals surface area contributed by atoms with E-state index in [0.717, 1.165) is 18.5 Å². The molecule has 0 aromatic carbocycles. The highest BCUT2D eigenvalue weighted by Gasteiger charge is 2.02. The van der Waals surface area contributed by atoms with Crippen LogP contribution < -0.4 is 0 Å². The van der Waals surface area contributed by atoms with Gasteiger partial charge in [0.25, 0.3) is 0 Å². The third-order valence-corrected chi connectivity index (χ3v) is 1.95. The first-order valence-corrected chi connectivity index (χ1v) is 4.15. The van der Waals surface area contributed by atoms with Crippen LogP contribution in [0.2, 0.25) is 0 Å². The summed E-state index contributed by atoms with van der Waals surface area (Å²) >= 11 is 5.93. The SMILES string of the molecule is CCC(Cl)Cc1cnccn1. The van der Waals surface area contributed by atoms with Gasteiger partial charge < -0.3 is 0 Å². The fourth-order valence-electron chi connectivity index (χ4n) is 0.807. The number of aromatic nitrogens is 2. The smallest absolute Gasteiger partial charge is 0.0601 e. The molecule has 1 heterocycles. The van der Waals surface area contributed by atoms with E-state index in [9.17, 15) is 0 Å². The molecule has 0 radical (unpaired) electrons. The lowest BCUT2D eigenvalue weighted by molar-refractivity contribution is 0.781. The molecule has 0 bridgehead atoms. The summed E-state index contributed by atoms with van der Waals surface area (Å²) in [6.07, 6.45) is 6.89. The molecule has 0 aliphatic rings.